The number of primary amides is 1. The Balaban J connectivity index is 1.84. The number of aliphatic hydroxyl groups excluding tert-OH is 1. The highest BCUT2D eigenvalue weighted by Crippen LogP contribution is 2.28. The third kappa shape index (κ3) is 3.12. The molecule has 128 valence electrons. The van der Waals surface area contributed by atoms with E-state index in [0.717, 1.165) is 22.6 Å². The molecule has 0 saturated carbocycles. The van der Waals surface area contributed by atoms with Crippen LogP contribution < -0.4 is 10.6 Å². The number of hydrogen-bond acceptors (Lipinski definition) is 5. The molecule has 0 aliphatic carbocycles. The van der Waals surface area contributed by atoms with Gasteiger partial charge in [0, 0.05) is 30.4 Å². The summed E-state index contributed by atoms with van der Waals surface area (Å²) in [4.78, 5) is 18.3. The third-order valence-corrected chi connectivity index (χ3v) is 4.65. The van der Waals surface area contributed by atoms with Gasteiger partial charge in [0.05, 0.1) is 17.4 Å². The largest absolute Gasteiger partial charge is 0.391 e. The number of nitrogens with one attached hydrogen (secondary N) is 1. The highest BCUT2D eigenvalue weighted by molar-refractivity contribution is 5.98. The molecule has 7 nitrogen and oxygen atoms in total. The third-order valence-electron chi connectivity index (χ3n) is 4.65. The summed E-state index contributed by atoms with van der Waals surface area (Å²) in [6, 6.07) is 3.76. The van der Waals surface area contributed by atoms with Gasteiger partial charge < -0.3 is 15.7 Å². The Morgan fingerprint density at radius 3 is 2.75 bits per heavy atom. The number of amides is 1. The lowest BCUT2D eigenvalue weighted by Crippen LogP contribution is -2.27. The zero-order valence-electron chi connectivity index (χ0n) is 14.2. The first-order valence-corrected chi connectivity index (χ1v) is 8.07. The second-order valence-electron chi connectivity index (χ2n) is 6.60. The quantitative estimate of drug-likeness (QED) is 0.771. The topological polar surface area (TPSA) is 108 Å². The summed E-state index contributed by atoms with van der Waals surface area (Å²) in [6.45, 7) is 6.80. The summed E-state index contributed by atoms with van der Waals surface area (Å²) in [5, 5.41) is 17.6. The Kier molecular flexibility index (Phi) is 4.28. The van der Waals surface area contributed by atoms with Crippen LogP contribution in [0.2, 0.25) is 0 Å². The van der Waals surface area contributed by atoms with Gasteiger partial charge in [-0.2, -0.15) is 5.10 Å². The first-order valence-electron chi connectivity index (χ1n) is 8.07. The molecule has 0 bridgehead atoms. The number of aryl methyl sites for hydroxylation is 3. The SMILES string of the molecule is Cc1cc(C[C@@H]2CN(c3nc(C)c(C)cc3C(N)=O)C[C@H]2O)n[nH]1. The fourth-order valence-electron chi connectivity index (χ4n) is 3.19. The molecule has 4 N–H and O–H groups in total. The fourth-order valence-corrected chi connectivity index (χ4v) is 3.19. The minimum Gasteiger partial charge on any atom is -0.391 e. The van der Waals surface area contributed by atoms with Crippen molar-refractivity contribution < 1.29 is 9.90 Å². The lowest BCUT2D eigenvalue weighted by molar-refractivity contribution is 0.1000. The van der Waals surface area contributed by atoms with E-state index >= 15 is 0 Å². The molecule has 24 heavy (non-hydrogen) atoms. The second-order valence-corrected chi connectivity index (χ2v) is 6.60. The molecule has 0 aromatic carbocycles. The van der Waals surface area contributed by atoms with Crippen LogP contribution in [0.3, 0.4) is 0 Å². The van der Waals surface area contributed by atoms with Gasteiger partial charge in [-0.05, 0) is 44.9 Å². The van der Waals surface area contributed by atoms with E-state index in [1.54, 1.807) is 6.07 Å². The molecule has 3 heterocycles. The first-order chi connectivity index (χ1) is 11.3. The lowest BCUT2D eigenvalue weighted by atomic mass is 10.0. The van der Waals surface area contributed by atoms with Crippen LogP contribution in [0.15, 0.2) is 12.1 Å². The van der Waals surface area contributed by atoms with Crippen molar-refractivity contribution in [1.82, 2.24) is 15.2 Å². The highest BCUT2D eigenvalue weighted by atomic mass is 16.3. The number of nitrogens with two attached hydrogens (primary N) is 1. The number of carbonyl (C=O) groups is 1. The van der Waals surface area contributed by atoms with E-state index in [-0.39, 0.29) is 5.92 Å². The molecule has 2 aromatic heterocycles. The summed E-state index contributed by atoms with van der Waals surface area (Å²) in [7, 11) is 0. The van der Waals surface area contributed by atoms with E-state index in [2.05, 4.69) is 15.2 Å². The maximum absolute atomic E-state index is 11.8. The summed E-state index contributed by atoms with van der Waals surface area (Å²) in [6.07, 6.45) is 0.185. The van der Waals surface area contributed by atoms with Gasteiger partial charge in [0.1, 0.15) is 5.82 Å². The smallest absolute Gasteiger partial charge is 0.252 e. The molecule has 0 spiro atoms. The van der Waals surface area contributed by atoms with E-state index in [0.29, 0.717) is 30.9 Å². The van der Waals surface area contributed by atoms with E-state index < -0.39 is 12.0 Å². The minimum absolute atomic E-state index is 0.0387. The molecular weight excluding hydrogens is 306 g/mol. The van der Waals surface area contributed by atoms with Crippen LogP contribution in [0.5, 0.6) is 0 Å². The molecule has 1 fully saturated rings. The number of H-pyrrole nitrogens is 1. The molecule has 1 aliphatic rings. The van der Waals surface area contributed by atoms with E-state index in [1.165, 1.54) is 0 Å². The number of nitrogens with zero attached hydrogens (tertiary/aromatic N) is 3. The molecule has 2 aromatic rings. The molecular formula is C17H23N5O2. The Morgan fingerprint density at radius 1 is 1.38 bits per heavy atom. The van der Waals surface area contributed by atoms with Crippen LogP contribution in [-0.4, -0.2) is 45.4 Å². The number of rotatable bonds is 4. The van der Waals surface area contributed by atoms with Crippen molar-refractivity contribution in [3.05, 3.63) is 40.3 Å². The van der Waals surface area contributed by atoms with Gasteiger partial charge in [-0.1, -0.05) is 0 Å². The molecule has 2 atom stereocenters. The number of hydrogen-bond donors (Lipinski definition) is 3. The van der Waals surface area contributed by atoms with Crippen molar-refractivity contribution in [3.63, 3.8) is 0 Å². The van der Waals surface area contributed by atoms with Gasteiger partial charge in [0.15, 0.2) is 0 Å². The predicted molar refractivity (Wildman–Crippen MR) is 91.0 cm³/mol. The lowest BCUT2D eigenvalue weighted by Gasteiger charge is -2.20. The van der Waals surface area contributed by atoms with Crippen LogP contribution in [0, 0.1) is 26.7 Å². The van der Waals surface area contributed by atoms with Gasteiger partial charge >= 0.3 is 0 Å². The number of pyridine rings is 1. The average molecular weight is 329 g/mol. The Hall–Kier alpha value is -2.41. The predicted octanol–water partition coefficient (Wildman–Crippen LogP) is 0.869. The Morgan fingerprint density at radius 2 is 2.12 bits per heavy atom. The summed E-state index contributed by atoms with van der Waals surface area (Å²) >= 11 is 0. The molecule has 0 unspecified atom stereocenters. The Bertz CT molecular complexity index is 770. The van der Waals surface area contributed by atoms with Crippen molar-refractivity contribution in [1.29, 1.82) is 0 Å². The number of anilines is 1. The number of aromatic nitrogens is 3. The summed E-state index contributed by atoms with van der Waals surface area (Å²) < 4.78 is 0. The maximum atomic E-state index is 11.8. The zero-order chi connectivity index (χ0) is 17.4. The molecule has 1 saturated heterocycles. The molecule has 1 amide bonds. The second kappa shape index (κ2) is 6.24. The van der Waals surface area contributed by atoms with Crippen molar-refractivity contribution in [3.8, 4) is 0 Å². The van der Waals surface area contributed by atoms with Gasteiger partial charge in [-0.15, -0.1) is 0 Å². The molecule has 3 rings (SSSR count). The van der Waals surface area contributed by atoms with Gasteiger partial charge in [-0.3, -0.25) is 9.89 Å². The van der Waals surface area contributed by atoms with E-state index in [4.69, 9.17) is 5.73 Å². The fraction of sp³-hybridized carbons (Fsp3) is 0.471. The number of carbonyl (C=O) groups excluding carboxylic acids is 1. The monoisotopic (exact) mass is 329 g/mol. The van der Waals surface area contributed by atoms with E-state index in [9.17, 15) is 9.90 Å². The number of β-amino-alcohol motifs (C(OH)–C–C–N with tert-alkyl or cyclic N) is 1. The zero-order valence-corrected chi connectivity index (χ0v) is 14.2. The Labute approximate surface area is 140 Å². The van der Waals surface area contributed by atoms with Crippen molar-refractivity contribution >= 4 is 11.7 Å². The van der Waals surface area contributed by atoms with Gasteiger partial charge in [-0.25, -0.2) is 4.98 Å². The van der Waals surface area contributed by atoms with Gasteiger partial charge in [0.25, 0.3) is 5.91 Å². The molecule has 1 aliphatic heterocycles. The van der Waals surface area contributed by atoms with Crippen LogP contribution in [-0.2, 0) is 6.42 Å². The van der Waals surface area contributed by atoms with Crippen LogP contribution in [0.25, 0.3) is 0 Å². The molecule has 0 radical (unpaired) electrons. The minimum atomic E-state index is -0.499. The number of aromatic amines is 1. The standard InChI is InChI=1S/C17H23N5O2/c1-9-4-14(16(18)24)17(19-11(9)3)22-7-12(15(23)8-22)6-13-5-10(2)20-21-13/h4-5,12,15,23H,6-8H2,1-3H3,(H2,18,24)(H,20,21)/t12-,15-/m1/s1. The van der Waals surface area contributed by atoms with Gasteiger partial charge in [0.2, 0.25) is 0 Å². The summed E-state index contributed by atoms with van der Waals surface area (Å²) in [5.74, 6) is 0.101. The average Bonchev–Trinajstić information content (AvgIpc) is 3.08. The van der Waals surface area contributed by atoms with Crippen molar-refractivity contribution in [2.45, 2.75) is 33.3 Å². The van der Waals surface area contributed by atoms with Crippen molar-refractivity contribution in [2.24, 2.45) is 11.7 Å². The van der Waals surface area contributed by atoms with E-state index in [1.807, 2.05) is 31.7 Å². The number of aliphatic hydroxyl groups is 1. The van der Waals surface area contributed by atoms with Crippen LogP contribution in [0.4, 0.5) is 5.82 Å². The summed E-state index contributed by atoms with van der Waals surface area (Å²) in [5.41, 5.74) is 9.64. The highest BCUT2D eigenvalue weighted by Gasteiger charge is 2.34. The maximum Gasteiger partial charge on any atom is 0.252 e. The molecule has 7 heteroatoms. The van der Waals surface area contributed by atoms with Crippen molar-refractivity contribution in [2.75, 3.05) is 18.0 Å². The van der Waals surface area contributed by atoms with Crippen LogP contribution in [0.1, 0.15) is 33.0 Å². The normalized spacial score (nSPS) is 20.6. The first kappa shape index (κ1) is 16.4. The van der Waals surface area contributed by atoms with Crippen LogP contribution >= 0.6 is 0 Å².